The van der Waals surface area contributed by atoms with Gasteiger partial charge in [-0.2, -0.15) is 9.78 Å². The smallest absolute Gasteiger partial charge is 0.226 e. The second-order valence-corrected chi connectivity index (χ2v) is 8.78. The number of hydrogen-bond acceptors (Lipinski definition) is 6. The number of para-hydroxylation sites is 1. The number of aryl methyl sites for hydroxylation is 1. The lowest BCUT2D eigenvalue weighted by atomic mass is 9.85. The highest BCUT2D eigenvalue weighted by Crippen LogP contribution is 2.43. The number of thiazole rings is 1. The Morgan fingerprint density at radius 2 is 2.09 bits per heavy atom. The Bertz CT molecular complexity index is 1320. The van der Waals surface area contributed by atoms with Crippen molar-refractivity contribution in [3.63, 3.8) is 0 Å². The molecule has 3 heterocycles. The minimum absolute atomic E-state index is 0.0558. The lowest BCUT2D eigenvalue weighted by Gasteiger charge is -2.25. The Morgan fingerprint density at radius 3 is 2.88 bits per heavy atom. The molecule has 1 atom stereocenters. The number of anilines is 1. The summed E-state index contributed by atoms with van der Waals surface area (Å²) < 4.78 is 14.4. The SMILES string of the molecule is C=CCOc1ccc([C@@H]2CC(=O)Nc3c2c(C)nn3-c2nc3ccccc3s2)cc1OCC. The van der Waals surface area contributed by atoms with E-state index in [9.17, 15) is 4.79 Å². The molecule has 5 rings (SSSR count). The second-order valence-electron chi connectivity index (χ2n) is 7.77. The van der Waals surface area contributed by atoms with Crippen LogP contribution in [0.3, 0.4) is 0 Å². The van der Waals surface area contributed by atoms with Crippen LogP contribution >= 0.6 is 11.3 Å². The summed E-state index contributed by atoms with van der Waals surface area (Å²) in [5.41, 5.74) is 3.75. The van der Waals surface area contributed by atoms with Crippen molar-refractivity contribution in [3.8, 4) is 16.6 Å². The molecule has 1 aliphatic rings. The number of benzene rings is 2. The fraction of sp³-hybridized carbons (Fsp3) is 0.240. The van der Waals surface area contributed by atoms with Gasteiger partial charge in [0.15, 0.2) is 11.5 Å². The highest BCUT2D eigenvalue weighted by atomic mass is 32.1. The van der Waals surface area contributed by atoms with Gasteiger partial charge in [-0.15, -0.1) is 0 Å². The Kier molecular flexibility index (Phi) is 5.60. The van der Waals surface area contributed by atoms with Crippen molar-refractivity contribution in [3.05, 3.63) is 71.9 Å². The Morgan fingerprint density at radius 1 is 1.24 bits per heavy atom. The van der Waals surface area contributed by atoms with Gasteiger partial charge in [0, 0.05) is 17.9 Å². The zero-order valence-electron chi connectivity index (χ0n) is 18.5. The van der Waals surface area contributed by atoms with Crippen LogP contribution in [0.15, 0.2) is 55.1 Å². The van der Waals surface area contributed by atoms with Crippen molar-refractivity contribution in [1.29, 1.82) is 0 Å². The third-order valence-corrected chi connectivity index (χ3v) is 6.60. The summed E-state index contributed by atoms with van der Waals surface area (Å²) in [6.07, 6.45) is 2.03. The van der Waals surface area contributed by atoms with Crippen LogP contribution in [0.1, 0.15) is 36.1 Å². The monoisotopic (exact) mass is 460 g/mol. The first kappa shape index (κ1) is 21.2. The quantitative estimate of drug-likeness (QED) is 0.382. The number of fused-ring (bicyclic) bond motifs is 2. The molecule has 0 saturated carbocycles. The van der Waals surface area contributed by atoms with Gasteiger partial charge in [-0.3, -0.25) is 4.79 Å². The highest BCUT2D eigenvalue weighted by molar-refractivity contribution is 7.20. The minimum atomic E-state index is -0.149. The van der Waals surface area contributed by atoms with E-state index in [4.69, 9.17) is 19.6 Å². The molecule has 33 heavy (non-hydrogen) atoms. The predicted octanol–water partition coefficient (Wildman–Crippen LogP) is 5.23. The van der Waals surface area contributed by atoms with Crippen molar-refractivity contribution < 1.29 is 14.3 Å². The third kappa shape index (κ3) is 3.87. The van der Waals surface area contributed by atoms with E-state index in [1.807, 2.05) is 56.3 Å². The minimum Gasteiger partial charge on any atom is -0.490 e. The van der Waals surface area contributed by atoms with Crippen LogP contribution in [0, 0.1) is 6.92 Å². The molecular formula is C25H24N4O3S. The largest absolute Gasteiger partial charge is 0.490 e. The average Bonchev–Trinajstić information content (AvgIpc) is 3.39. The summed E-state index contributed by atoms with van der Waals surface area (Å²) >= 11 is 1.55. The van der Waals surface area contributed by atoms with Gasteiger partial charge in [-0.1, -0.05) is 42.2 Å². The van der Waals surface area contributed by atoms with E-state index in [1.54, 1.807) is 22.1 Å². The van der Waals surface area contributed by atoms with Crippen molar-refractivity contribution in [2.75, 3.05) is 18.5 Å². The topological polar surface area (TPSA) is 78.3 Å². The summed E-state index contributed by atoms with van der Waals surface area (Å²) in [4.78, 5) is 17.5. The van der Waals surface area contributed by atoms with Crippen molar-refractivity contribution in [2.45, 2.75) is 26.2 Å². The Balaban J connectivity index is 1.59. The molecule has 0 unspecified atom stereocenters. The number of nitrogens with zero attached hydrogens (tertiary/aromatic N) is 3. The van der Waals surface area contributed by atoms with Crippen molar-refractivity contribution in [2.24, 2.45) is 0 Å². The van der Waals surface area contributed by atoms with Gasteiger partial charge in [0.2, 0.25) is 11.0 Å². The summed E-state index contributed by atoms with van der Waals surface area (Å²) in [6.45, 7) is 8.51. The molecule has 0 bridgehead atoms. The number of aromatic nitrogens is 3. The fourth-order valence-corrected chi connectivity index (χ4v) is 5.12. The number of carbonyl (C=O) groups is 1. The maximum Gasteiger partial charge on any atom is 0.226 e. The first-order valence-electron chi connectivity index (χ1n) is 10.8. The predicted molar refractivity (Wildman–Crippen MR) is 130 cm³/mol. The van der Waals surface area contributed by atoms with Gasteiger partial charge >= 0.3 is 0 Å². The zero-order valence-corrected chi connectivity index (χ0v) is 19.3. The first-order chi connectivity index (χ1) is 16.1. The molecule has 0 spiro atoms. The third-order valence-electron chi connectivity index (χ3n) is 5.59. The molecule has 1 amide bonds. The zero-order chi connectivity index (χ0) is 22.9. The number of amides is 1. The molecule has 8 heteroatoms. The van der Waals surface area contributed by atoms with Gasteiger partial charge in [-0.05, 0) is 43.7 Å². The van der Waals surface area contributed by atoms with Gasteiger partial charge in [0.25, 0.3) is 0 Å². The molecule has 0 aliphatic carbocycles. The number of carbonyl (C=O) groups excluding carboxylic acids is 1. The summed E-state index contributed by atoms with van der Waals surface area (Å²) in [5.74, 6) is 1.78. The normalized spacial score (nSPS) is 15.2. The summed E-state index contributed by atoms with van der Waals surface area (Å²) in [6, 6.07) is 13.8. The number of ether oxygens (including phenoxy) is 2. The molecule has 2 aromatic heterocycles. The van der Waals surface area contributed by atoms with E-state index in [0.717, 1.165) is 32.2 Å². The summed E-state index contributed by atoms with van der Waals surface area (Å²) in [5, 5.41) is 8.53. The van der Waals surface area contributed by atoms with Crippen LogP contribution in [-0.4, -0.2) is 33.9 Å². The summed E-state index contributed by atoms with van der Waals surface area (Å²) in [7, 11) is 0. The maximum absolute atomic E-state index is 12.8. The van der Waals surface area contributed by atoms with Crippen molar-refractivity contribution in [1.82, 2.24) is 14.8 Å². The molecular weight excluding hydrogens is 436 g/mol. The van der Waals surface area contributed by atoms with Crippen LogP contribution in [0.5, 0.6) is 11.5 Å². The van der Waals surface area contributed by atoms with Gasteiger partial charge < -0.3 is 14.8 Å². The van der Waals surface area contributed by atoms with E-state index >= 15 is 0 Å². The second kappa shape index (κ2) is 8.71. The molecule has 2 aromatic carbocycles. The van der Waals surface area contributed by atoms with E-state index in [1.165, 1.54) is 0 Å². The molecule has 0 fully saturated rings. The van der Waals surface area contributed by atoms with Crippen LogP contribution in [0.4, 0.5) is 5.82 Å². The van der Waals surface area contributed by atoms with E-state index < -0.39 is 0 Å². The molecule has 168 valence electrons. The van der Waals surface area contributed by atoms with E-state index in [-0.39, 0.29) is 11.8 Å². The fourth-order valence-electron chi connectivity index (χ4n) is 4.20. The molecule has 4 aromatic rings. The molecule has 0 radical (unpaired) electrons. The van der Waals surface area contributed by atoms with E-state index in [2.05, 4.69) is 11.9 Å². The number of rotatable bonds is 7. The Labute approximate surface area is 195 Å². The molecule has 0 saturated heterocycles. The van der Waals surface area contributed by atoms with Gasteiger partial charge in [0.05, 0.1) is 22.5 Å². The average molecular weight is 461 g/mol. The van der Waals surface area contributed by atoms with E-state index in [0.29, 0.717) is 37.0 Å². The van der Waals surface area contributed by atoms with Gasteiger partial charge in [-0.25, -0.2) is 4.98 Å². The van der Waals surface area contributed by atoms with Gasteiger partial charge in [0.1, 0.15) is 12.4 Å². The maximum atomic E-state index is 12.8. The lowest BCUT2D eigenvalue weighted by Crippen LogP contribution is -2.25. The van der Waals surface area contributed by atoms with Crippen LogP contribution in [0.25, 0.3) is 15.3 Å². The van der Waals surface area contributed by atoms with Crippen LogP contribution in [-0.2, 0) is 4.79 Å². The number of nitrogens with one attached hydrogen (secondary N) is 1. The first-order valence-corrected chi connectivity index (χ1v) is 11.7. The van der Waals surface area contributed by atoms with Crippen LogP contribution in [0.2, 0.25) is 0 Å². The molecule has 1 N–H and O–H groups in total. The number of hydrogen-bond donors (Lipinski definition) is 1. The van der Waals surface area contributed by atoms with Crippen LogP contribution < -0.4 is 14.8 Å². The van der Waals surface area contributed by atoms with Crippen molar-refractivity contribution >= 4 is 33.3 Å². The Hall–Kier alpha value is -3.65. The highest BCUT2D eigenvalue weighted by Gasteiger charge is 2.33. The lowest BCUT2D eigenvalue weighted by molar-refractivity contribution is -0.116. The molecule has 7 nitrogen and oxygen atoms in total. The standard InChI is InChI=1S/C25H24N4O3S/c1-4-12-32-19-11-10-16(13-20(19)31-5-2)17-14-22(30)27-24-23(17)15(3)28-29(24)25-26-18-8-6-7-9-21(18)33-25/h4,6-11,13,17H,1,5,12,14H2,2-3H3,(H,27,30)/t17-/m0/s1. The molecule has 1 aliphatic heterocycles.